The lowest BCUT2D eigenvalue weighted by Gasteiger charge is -2.19. The maximum absolute atomic E-state index is 13.8. The topological polar surface area (TPSA) is 12.0 Å². The standard InChI is InChI=1S/C14H11ClF3N/c1-19-14(10-6-8(15)2-4-12(10)17)11-7-9(16)3-5-13(11)18/h2-7,14,19H,1H3. The van der Waals surface area contributed by atoms with Gasteiger partial charge in [-0.05, 0) is 43.4 Å². The molecule has 1 unspecified atom stereocenters. The van der Waals surface area contributed by atoms with Gasteiger partial charge in [-0.25, -0.2) is 13.2 Å². The van der Waals surface area contributed by atoms with Crippen LogP contribution in [0.25, 0.3) is 0 Å². The van der Waals surface area contributed by atoms with Gasteiger partial charge in [0.1, 0.15) is 17.5 Å². The van der Waals surface area contributed by atoms with Gasteiger partial charge in [0.25, 0.3) is 0 Å². The van der Waals surface area contributed by atoms with Crippen LogP contribution in [-0.4, -0.2) is 7.05 Å². The highest BCUT2D eigenvalue weighted by molar-refractivity contribution is 6.30. The van der Waals surface area contributed by atoms with E-state index in [-0.39, 0.29) is 11.1 Å². The Labute approximate surface area is 114 Å². The van der Waals surface area contributed by atoms with Crippen LogP contribution in [0.4, 0.5) is 13.2 Å². The highest BCUT2D eigenvalue weighted by Gasteiger charge is 2.20. The fraction of sp³-hybridized carbons (Fsp3) is 0.143. The van der Waals surface area contributed by atoms with Crippen LogP contribution in [0.1, 0.15) is 17.2 Å². The number of benzene rings is 2. The monoisotopic (exact) mass is 285 g/mol. The minimum atomic E-state index is -0.811. The maximum Gasteiger partial charge on any atom is 0.128 e. The van der Waals surface area contributed by atoms with E-state index in [0.29, 0.717) is 5.02 Å². The summed E-state index contributed by atoms with van der Waals surface area (Å²) in [5, 5.41) is 3.09. The number of nitrogens with one attached hydrogen (secondary N) is 1. The van der Waals surface area contributed by atoms with Crippen LogP contribution in [-0.2, 0) is 0 Å². The van der Waals surface area contributed by atoms with Crippen LogP contribution in [0, 0.1) is 17.5 Å². The summed E-state index contributed by atoms with van der Waals surface area (Å²) in [7, 11) is 1.54. The second-order valence-corrected chi connectivity index (χ2v) is 4.49. The molecule has 2 aromatic rings. The third kappa shape index (κ3) is 2.91. The van der Waals surface area contributed by atoms with Crippen molar-refractivity contribution in [3.63, 3.8) is 0 Å². The van der Waals surface area contributed by atoms with Gasteiger partial charge < -0.3 is 5.32 Å². The molecule has 0 aliphatic heterocycles. The van der Waals surface area contributed by atoms with E-state index in [2.05, 4.69) is 5.32 Å². The lowest BCUT2D eigenvalue weighted by atomic mass is 9.97. The lowest BCUT2D eigenvalue weighted by Crippen LogP contribution is -2.20. The van der Waals surface area contributed by atoms with Crippen molar-refractivity contribution < 1.29 is 13.2 Å². The van der Waals surface area contributed by atoms with E-state index in [1.807, 2.05) is 0 Å². The maximum atomic E-state index is 13.8. The van der Waals surface area contributed by atoms with Crippen molar-refractivity contribution in [1.82, 2.24) is 5.32 Å². The van der Waals surface area contributed by atoms with E-state index in [1.54, 1.807) is 0 Å². The van der Waals surface area contributed by atoms with E-state index in [1.165, 1.54) is 25.2 Å². The van der Waals surface area contributed by atoms with Crippen molar-refractivity contribution >= 4 is 11.6 Å². The Morgan fingerprint density at radius 1 is 0.947 bits per heavy atom. The van der Waals surface area contributed by atoms with Crippen LogP contribution < -0.4 is 5.32 Å². The number of hydrogen-bond acceptors (Lipinski definition) is 1. The van der Waals surface area contributed by atoms with E-state index in [4.69, 9.17) is 11.6 Å². The quantitative estimate of drug-likeness (QED) is 0.896. The van der Waals surface area contributed by atoms with Crippen molar-refractivity contribution in [2.45, 2.75) is 6.04 Å². The average molecular weight is 286 g/mol. The molecule has 0 bridgehead atoms. The molecule has 0 spiro atoms. The minimum Gasteiger partial charge on any atom is -0.309 e. The fourth-order valence-corrected chi connectivity index (χ4v) is 2.13. The van der Waals surface area contributed by atoms with E-state index < -0.39 is 23.5 Å². The predicted molar refractivity (Wildman–Crippen MR) is 68.7 cm³/mol. The van der Waals surface area contributed by atoms with Gasteiger partial charge in [0, 0.05) is 16.1 Å². The molecule has 0 radical (unpaired) electrons. The molecule has 1 N–H and O–H groups in total. The molecule has 0 aliphatic carbocycles. The van der Waals surface area contributed by atoms with Gasteiger partial charge in [0.15, 0.2) is 0 Å². The minimum absolute atomic E-state index is 0.0312. The van der Waals surface area contributed by atoms with Gasteiger partial charge in [-0.3, -0.25) is 0 Å². The Kier molecular flexibility index (Phi) is 4.12. The third-order valence-corrected chi connectivity index (χ3v) is 3.06. The van der Waals surface area contributed by atoms with Crippen LogP contribution >= 0.6 is 11.6 Å². The van der Waals surface area contributed by atoms with Crippen LogP contribution in [0.5, 0.6) is 0 Å². The number of rotatable bonds is 3. The van der Waals surface area contributed by atoms with E-state index in [9.17, 15) is 13.2 Å². The second-order valence-electron chi connectivity index (χ2n) is 4.05. The molecule has 2 aromatic carbocycles. The van der Waals surface area contributed by atoms with E-state index in [0.717, 1.165) is 18.2 Å². The first-order chi connectivity index (χ1) is 9.02. The summed E-state index contributed by atoms with van der Waals surface area (Å²) in [4.78, 5) is 0. The SMILES string of the molecule is CNC(c1cc(F)ccc1F)c1cc(Cl)ccc1F. The summed E-state index contributed by atoms with van der Waals surface area (Å²) in [6.45, 7) is 0. The van der Waals surface area contributed by atoms with E-state index >= 15 is 0 Å². The number of hydrogen-bond donors (Lipinski definition) is 1. The summed E-state index contributed by atoms with van der Waals surface area (Å²) < 4.78 is 40.8. The Hall–Kier alpha value is -1.52. The van der Waals surface area contributed by atoms with Gasteiger partial charge in [-0.1, -0.05) is 11.6 Å². The zero-order valence-electron chi connectivity index (χ0n) is 10.1. The highest BCUT2D eigenvalue weighted by atomic mass is 35.5. The summed E-state index contributed by atoms with van der Waals surface area (Å²) >= 11 is 5.81. The highest BCUT2D eigenvalue weighted by Crippen LogP contribution is 2.28. The van der Waals surface area contributed by atoms with Gasteiger partial charge >= 0.3 is 0 Å². The Morgan fingerprint density at radius 3 is 2.16 bits per heavy atom. The second kappa shape index (κ2) is 5.63. The first kappa shape index (κ1) is 13.9. The molecule has 100 valence electrons. The summed E-state index contributed by atoms with van der Waals surface area (Å²) in [5.41, 5.74) is 0.197. The first-order valence-electron chi connectivity index (χ1n) is 5.60. The normalized spacial score (nSPS) is 12.5. The summed E-state index contributed by atoms with van der Waals surface area (Å²) in [5.74, 6) is -1.73. The van der Waals surface area contributed by atoms with Crippen molar-refractivity contribution in [3.05, 3.63) is 70.0 Å². The largest absolute Gasteiger partial charge is 0.309 e. The first-order valence-corrected chi connectivity index (χ1v) is 5.98. The molecule has 0 fully saturated rings. The van der Waals surface area contributed by atoms with Crippen molar-refractivity contribution in [2.24, 2.45) is 0 Å². The van der Waals surface area contributed by atoms with Crippen LogP contribution in [0.3, 0.4) is 0 Å². The summed E-state index contributed by atoms with van der Waals surface area (Å²) in [6, 6.07) is 6.24. The zero-order chi connectivity index (χ0) is 14.0. The number of halogens is 4. The Balaban J connectivity index is 2.55. The van der Waals surface area contributed by atoms with Crippen LogP contribution in [0.15, 0.2) is 36.4 Å². The van der Waals surface area contributed by atoms with Gasteiger partial charge in [-0.15, -0.1) is 0 Å². The molecule has 0 aliphatic rings. The fourth-order valence-electron chi connectivity index (χ4n) is 1.95. The molecule has 0 heterocycles. The molecule has 19 heavy (non-hydrogen) atoms. The van der Waals surface area contributed by atoms with Gasteiger partial charge in [0.2, 0.25) is 0 Å². The third-order valence-electron chi connectivity index (χ3n) is 2.83. The van der Waals surface area contributed by atoms with Gasteiger partial charge in [0.05, 0.1) is 6.04 Å². The molecule has 0 saturated heterocycles. The molecule has 0 amide bonds. The molecule has 0 saturated carbocycles. The molecule has 1 atom stereocenters. The average Bonchev–Trinajstić information content (AvgIpc) is 2.38. The van der Waals surface area contributed by atoms with Crippen molar-refractivity contribution in [1.29, 1.82) is 0 Å². The predicted octanol–water partition coefficient (Wildman–Crippen LogP) is 4.07. The summed E-state index contributed by atoms with van der Waals surface area (Å²) in [6.07, 6.45) is 0. The molecule has 5 heteroatoms. The Morgan fingerprint density at radius 2 is 1.53 bits per heavy atom. The Bertz CT molecular complexity index is 550. The van der Waals surface area contributed by atoms with Crippen LogP contribution in [0.2, 0.25) is 5.02 Å². The smallest absolute Gasteiger partial charge is 0.128 e. The zero-order valence-corrected chi connectivity index (χ0v) is 10.8. The van der Waals surface area contributed by atoms with Gasteiger partial charge in [-0.2, -0.15) is 0 Å². The van der Waals surface area contributed by atoms with Crippen molar-refractivity contribution in [3.8, 4) is 0 Å². The molecule has 2 rings (SSSR count). The lowest BCUT2D eigenvalue weighted by molar-refractivity contribution is 0.537. The molecule has 0 aromatic heterocycles. The molecular weight excluding hydrogens is 275 g/mol. The molecule has 1 nitrogen and oxygen atoms in total. The van der Waals surface area contributed by atoms with Crippen molar-refractivity contribution in [2.75, 3.05) is 7.05 Å². The molecular formula is C14H11ClF3N.